The van der Waals surface area contributed by atoms with Crippen LogP contribution in [0.4, 0.5) is 5.13 Å². The summed E-state index contributed by atoms with van der Waals surface area (Å²) in [6.07, 6.45) is 3.42. The Morgan fingerprint density at radius 3 is 2.54 bits per heavy atom. The quantitative estimate of drug-likeness (QED) is 0.0542. The lowest BCUT2D eigenvalue weighted by atomic mass is 10.0. The van der Waals surface area contributed by atoms with Crippen LogP contribution in [0.15, 0.2) is 58.2 Å². The van der Waals surface area contributed by atoms with Gasteiger partial charge in [0.25, 0.3) is 11.8 Å². The predicted molar refractivity (Wildman–Crippen MR) is 193 cm³/mol. The molecule has 52 heavy (non-hydrogen) atoms. The van der Waals surface area contributed by atoms with Crippen molar-refractivity contribution in [2.75, 3.05) is 18.5 Å². The van der Waals surface area contributed by atoms with Gasteiger partial charge in [0.15, 0.2) is 22.3 Å². The number of carboxylic acid groups (broad SMARTS) is 2. The fraction of sp³-hybridized carbons (Fsp3) is 0.294. The van der Waals surface area contributed by atoms with E-state index in [1.165, 1.54) is 31.0 Å². The van der Waals surface area contributed by atoms with Gasteiger partial charge >= 0.3 is 11.9 Å². The normalized spacial score (nSPS) is 21.5. The Balaban J connectivity index is 1.13. The number of thiazole rings is 1. The van der Waals surface area contributed by atoms with Gasteiger partial charge in [-0.2, -0.15) is 0 Å². The number of β-lactam (4-membered cyclic amide) rings is 1. The molecule has 0 spiro atoms. The number of nitrogen functional groups attached to an aromatic ring is 1. The Labute approximate surface area is 310 Å². The number of quaternary nitrogens is 1. The molecule has 7 N–H and O–H groups in total. The van der Waals surface area contributed by atoms with Crippen molar-refractivity contribution in [2.45, 2.75) is 50.5 Å². The number of nitrogens with one attached hydrogen (secondary N) is 1. The molecule has 2 amide bonds. The number of nitrogens with two attached hydrogens (primary N) is 1. The number of rotatable bonds is 11. The number of anilines is 1. The smallest absolute Gasteiger partial charge is 0.352 e. The fourth-order valence-corrected chi connectivity index (χ4v) is 8.29. The number of aliphatic carboxylic acids is 2. The third kappa shape index (κ3) is 7.04. The molecular formula is C34H34ClN6O9S2+. The molecule has 6 rings (SSSR count). The number of amides is 2. The number of benzene rings is 2. The van der Waals surface area contributed by atoms with E-state index in [1.54, 1.807) is 18.2 Å². The Kier molecular flexibility index (Phi) is 9.73. The number of hydrogen-bond donors (Lipinski definition) is 6. The first kappa shape index (κ1) is 36.7. The minimum Gasteiger partial charge on any atom is -0.504 e. The Morgan fingerprint density at radius 1 is 1.19 bits per heavy atom. The van der Waals surface area contributed by atoms with Gasteiger partial charge in [-0.05, 0) is 31.1 Å². The first-order valence-electron chi connectivity index (χ1n) is 15.7. The maximum Gasteiger partial charge on any atom is 0.352 e. The summed E-state index contributed by atoms with van der Waals surface area (Å²) < 4.78 is 0.593. The molecule has 0 bridgehead atoms. The number of phenolic OH excluding ortho intramolecular Hbond substituents is 2. The zero-order chi connectivity index (χ0) is 37.7. The summed E-state index contributed by atoms with van der Waals surface area (Å²) >= 11 is 8.60. The van der Waals surface area contributed by atoms with Crippen LogP contribution in [0.1, 0.15) is 41.8 Å². The van der Waals surface area contributed by atoms with E-state index in [1.807, 2.05) is 24.3 Å². The van der Waals surface area contributed by atoms with Crippen LogP contribution in [-0.4, -0.2) is 94.1 Å². The molecule has 1 fully saturated rings. The molecule has 1 saturated heterocycles. The van der Waals surface area contributed by atoms with Gasteiger partial charge in [-0.3, -0.25) is 14.5 Å². The predicted octanol–water partition coefficient (Wildman–Crippen LogP) is 3.49. The molecule has 18 heteroatoms. The van der Waals surface area contributed by atoms with E-state index in [0.717, 1.165) is 38.5 Å². The third-order valence-corrected chi connectivity index (χ3v) is 11.3. The molecule has 3 aromatic rings. The molecule has 272 valence electrons. The molecule has 3 aliphatic heterocycles. The summed E-state index contributed by atoms with van der Waals surface area (Å²) in [5, 5.41) is 46.9. The monoisotopic (exact) mass is 769 g/mol. The highest BCUT2D eigenvalue weighted by molar-refractivity contribution is 8.00. The van der Waals surface area contributed by atoms with E-state index >= 15 is 0 Å². The van der Waals surface area contributed by atoms with Gasteiger partial charge in [0.1, 0.15) is 42.4 Å². The van der Waals surface area contributed by atoms with Crippen molar-refractivity contribution in [3.8, 4) is 11.5 Å². The number of halogens is 1. The van der Waals surface area contributed by atoms with Gasteiger partial charge in [-0.1, -0.05) is 53.2 Å². The van der Waals surface area contributed by atoms with Gasteiger partial charge in [-0.25, -0.2) is 14.6 Å². The number of aromatic hydroxyl groups is 2. The largest absolute Gasteiger partial charge is 0.504 e. The highest BCUT2D eigenvalue weighted by Gasteiger charge is 2.54. The van der Waals surface area contributed by atoms with E-state index in [2.05, 4.69) is 22.5 Å². The topological polar surface area (TPSA) is 225 Å². The molecular weight excluding hydrogens is 736 g/mol. The van der Waals surface area contributed by atoms with Gasteiger partial charge < -0.3 is 40.8 Å². The third-order valence-electron chi connectivity index (χ3n) is 8.87. The van der Waals surface area contributed by atoms with E-state index in [0.29, 0.717) is 29.7 Å². The number of hydrogen-bond acceptors (Lipinski definition) is 12. The molecule has 4 heterocycles. The van der Waals surface area contributed by atoms with Crippen LogP contribution >= 0.6 is 34.7 Å². The Morgan fingerprint density at radius 2 is 1.90 bits per heavy atom. The van der Waals surface area contributed by atoms with Crippen molar-refractivity contribution in [1.29, 1.82) is 0 Å². The minimum atomic E-state index is -1.78. The summed E-state index contributed by atoms with van der Waals surface area (Å²) in [6, 6.07) is 8.21. The zero-order valence-electron chi connectivity index (χ0n) is 28.0. The number of nitrogens with zero attached hydrogens (tertiary/aromatic N) is 4. The summed E-state index contributed by atoms with van der Waals surface area (Å²) in [5.41, 5.74) is 7.32. The first-order chi connectivity index (χ1) is 24.5. The summed E-state index contributed by atoms with van der Waals surface area (Å²) in [7, 11) is 2.07. The second kappa shape index (κ2) is 13.8. The Hall–Kier alpha value is -5.10. The van der Waals surface area contributed by atoms with Crippen molar-refractivity contribution < 1.29 is 48.9 Å². The van der Waals surface area contributed by atoms with Gasteiger partial charge in [-0.15, -0.1) is 23.1 Å². The number of carboxylic acids is 2. The molecule has 0 radical (unpaired) electrons. The average Bonchev–Trinajstić information content (AvgIpc) is 3.67. The summed E-state index contributed by atoms with van der Waals surface area (Å²) in [5.74, 6) is -4.47. The average molecular weight is 770 g/mol. The van der Waals surface area contributed by atoms with Gasteiger partial charge in [0.2, 0.25) is 5.60 Å². The molecule has 1 unspecified atom stereocenters. The van der Waals surface area contributed by atoms with Crippen LogP contribution in [0.2, 0.25) is 5.02 Å². The molecule has 3 aliphatic rings. The van der Waals surface area contributed by atoms with Gasteiger partial charge in [0.05, 0.1) is 12.1 Å². The highest BCUT2D eigenvalue weighted by atomic mass is 35.5. The number of carbonyl (C=O) groups excluding carboxylic acids is 2. The number of aromatic nitrogens is 1. The molecule has 0 saturated carbocycles. The molecule has 1 aromatic heterocycles. The van der Waals surface area contributed by atoms with Crippen molar-refractivity contribution in [3.05, 3.63) is 86.0 Å². The highest BCUT2D eigenvalue weighted by Crippen LogP contribution is 2.44. The molecule has 3 atom stereocenters. The van der Waals surface area contributed by atoms with Crippen molar-refractivity contribution in [2.24, 2.45) is 5.16 Å². The van der Waals surface area contributed by atoms with Crippen molar-refractivity contribution >= 4 is 75.4 Å². The lowest BCUT2D eigenvalue weighted by molar-refractivity contribution is -0.941. The molecule has 2 aromatic carbocycles. The lowest BCUT2D eigenvalue weighted by Gasteiger charge is -2.49. The van der Waals surface area contributed by atoms with E-state index < -0.39 is 46.5 Å². The van der Waals surface area contributed by atoms with Crippen LogP contribution in [0.25, 0.3) is 6.08 Å². The maximum atomic E-state index is 13.3. The van der Waals surface area contributed by atoms with E-state index in [9.17, 15) is 39.6 Å². The van der Waals surface area contributed by atoms with Crippen LogP contribution < -0.4 is 11.1 Å². The zero-order valence-corrected chi connectivity index (χ0v) is 30.4. The van der Waals surface area contributed by atoms with Crippen LogP contribution in [0, 0.1) is 0 Å². The van der Waals surface area contributed by atoms with Crippen molar-refractivity contribution in [3.63, 3.8) is 0 Å². The summed E-state index contributed by atoms with van der Waals surface area (Å²) in [6.45, 7) is 4.36. The van der Waals surface area contributed by atoms with Crippen LogP contribution in [0.5, 0.6) is 11.5 Å². The van der Waals surface area contributed by atoms with E-state index in [-0.39, 0.29) is 38.8 Å². The number of oxime groups is 1. The maximum absolute atomic E-state index is 13.3. The SMILES string of the molecule is CC(C)(O/N=C(\C(=O)N[C@@H]1C(=O)N2C(C(=O)O)=C(/C=C\c3ccc(C[N+]4(C)Cc5cc(O)c(O)c(Cl)c5C4)cc3)CS[C@H]12)c1csc(N)n1)C(=O)O. The molecule has 15 nitrogen and oxygen atoms in total. The Bertz CT molecular complexity index is 2100. The van der Waals surface area contributed by atoms with Gasteiger partial charge in [0, 0.05) is 27.8 Å². The summed E-state index contributed by atoms with van der Waals surface area (Å²) in [4.78, 5) is 60.9. The van der Waals surface area contributed by atoms with Crippen molar-refractivity contribution in [1.82, 2.24) is 15.2 Å². The number of thioether (sulfide) groups is 1. The number of allylic oxidation sites excluding steroid dienone is 1. The number of carbonyl (C=O) groups is 4. The molecule has 0 aliphatic carbocycles. The number of fused-ring (bicyclic) bond motifs is 2. The minimum absolute atomic E-state index is 0.0114. The van der Waals surface area contributed by atoms with Crippen LogP contribution in [0.3, 0.4) is 0 Å². The standard InChI is InChI=1S/C34H33ClN6O9S2/c1-34(2,32(48)49)50-39-24(21-15-52-33(36)37-21)28(44)38-25-29(45)40-26(31(46)47)18(14-51-30(25)40)9-8-16-4-6-17(7-5-16)11-41(3)12-19-10-22(42)27(43)23(35)20(19)13-41/h4-10,15,25,30H,11-14H2,1-3H3,(H6-,36,37,38,39,42,43,44,46,47,48,49)/p+1/b9-8-/t25-,30-,41?/m1/s1. The fourth-order valence-electron chi connectivity index (χ4n) is 6.14. The van der Waals surface area contributed by atoms with E-state index in [4.69, 9.17) is 22.2 Å². The van der Waals surface area contributed by atoms with Crippen LogP contribution in [-0.2, 0) is 43.7 Å². The number of phenols is 2. The second-order valence-electron chi connectivity index (χ2n) is 13.3. The second-order valence-corrected chi connectivity index (χ2v) is 15.7. The first-order valence-corrected chi connectivity index (χ1v) is 18.0. The lowest BCUT2D eigenvalue weighted by Crippen LogP contribution is -2.71.